The van der Waals surface area contributed by atoms with E-state index in [1.807, 2.05) is 12.1 Å². The zero-order chi connectivity index (χ0) is 24.2. The summed E-state index contributed by atoms with van der Waals surface area (Å²) in [5, 5.41) is 10.1. The molecule has 0 atom stereocenters. The van der Waals surface area contributed by atoms with E-state index in [0.29, 0.717) is 41.5 Å². The van der Waals surface area contributed by atoms with Crippen LogP contribution < -0.4 is 20.9 Å². The van der Waals surface area contributed by atoms with Gasteiger partial charge in [-0.25, -0.2) is 4.98 Å². The fourth-order valence-corrected chi connectivity index (χ4v) is 3.45. The Kier molecular flexibility index (Phi) is 6.47. The third-order valence-corrected chi connectivity index (χ3v) is 5.57. The zero-order valence-electron chi connectivity index (χ0n) is 18.3. The Morgan fingerprint density at radius 2 is 1.89 bits per heavy atom. The summed E-state index contributed by atoms with van der Waals surface area (Å²) in [4.78, 5) is 30.1. The number of hydrogen-bond donors (Lipinski definition) is 2. The Morgan fingerprint density at radius 3 is 2.54 bits per heavy atom. The molecule has 0 aliphatic carbocycles. The van der Waals surface area contributed by atoms with Crippen LogP contribution in [0.1, 0.15) is 5.56 Å². The van der Waals surface area contributed by atoms with Crippen molar-refractivity contribution >= 4 is 34.8 Å². The molecule has 0 spiro atoms. The number of carbonyl (C=O) groups is 1. The number of carbonyl (C=O) groups excluding carboxylic acids is 1. The highest BCUT2D eigenvalue weighted by molar-refractivity contribution is 6.30. The highest BCUT2D eigenvalue weighted by Crippen LogP contribution is 2.23. The van der Waals surface area contributed by atoms with Crippen molar-refractivity contribution in [2.24, 2.45) is 5.92 Å². The number of nitrogens with one attached hydrogen (secondary N) is 2. The smallest absolute Gasteiger partial charge is 0.279 e. The fourth-order valence-electron chi connectivity index (χ4n) is 3.33. The quantitative estimate of drug-likeness (QED) is 0.377. The van der Waals surface area contributed by atoms with Gasteiger partial charge in [-0.05, 0) is 47.1 Å². The summed E-state index contributed by atoms with van der Waals surface area (Å²) in [6, 6.07) is 15.8. The second-order valence-electron chi connectivity index (χ2n) is 7.83. The second-order valence-corrected chi connectivity index (χ2v) is 8.26. The first-order valence-electron chi connectivity index (χ1n) is 10.7. The summed E-state index contributed by atoms with van der Waals surface area (Å²) in [5.74, 6) is 0.677. The minimum absolute atomic E-state index is 0.0952. The summed E-state index contributed by atoms with van der Waals surface area (Å²) in [5.41, 5.74) is 1.22. The number of benzene rings is 2. The van der Waals surface area contributed by atoms with Crippen molar-refractivity contribution in [1.82, 2.24) is 14.7 Å². The van der Waals surface area contributed by atoms with Gasteiger partial charge in [0.2, 0.25) is 11.9 Å². The molecule has 0 bridgehead atoms. The second kappa shape index (κ2) is 10.00. The van der Waals surface area contributed by atoms with E-state index in [4.69, 9.17) is 25.6 Å². The lowest BCUT2D eigenvalue weighted by Crippen LogP contribution is -2.40. The van der Waals surface area contributed by atoms with Gasteiger partial charge in [-0.3, -0.25) is 14.2 Å². The lowest BCUT2D eigenvalue weighted by atomic mass is 10.1. The van der Waals surface area contributed by atoms with E-state index in [9.17, 15) is 9.59 Å². The van der Waals surface area contributed by atoms with Crippen LogP contribution in [0.3, 0.4) is 0 Å². The van der Waals surface area contributed by atoms with Crippen LogP contribution in [0.5, 0.6) is 11.6 Å². The molecule has 3 heterocycles. The minimum atomic E-state index is -0.392. The van der Waals surface area contributed by atoms with E-state index in [2.05, 4.69) is 20.8 Å². The van der Waals surface area contributed by atoms with Gasteiger partial charge in [0.1, 0.15) is 17.7 Å². The largest absolute Gasteiger partial charge is 0.436 e. The maximum atomic E-state index is 13.3. The van der Waals surface area contributed by atoms with E-state index < -0.39 is 5.56 Å². The minimum Gasteiger partial charge on any atom is -0.436 e. The Bertz CT molecular complexity index is 1370. The van der Waals surface area contributed by atoms with Gasteiger partial charge in [-0.15, -0.1) is 0 Å². The SMILES string of the molecule is O=C(Nc1cnc(Nc2ccc(Oc3ccon3)cc2)n(Cc2ccc(Cl)cc2)c1=O)C1COC1. The first-order chi connectivity index (χ1) is 17.0. The van der Waals surface area contributed by atoms with Crippen LogP contribution in [0.4, 0.5) is 17.3 Å². The first-order valence-corrected chi connectivity index (χ1v) is 11.1. The third kappa shape index (κ3) is 5.34. The number of hydrogen-bond acceptors (Lipinski definition) is 8. The third-order valence-electron chi connectivity index (χ3n) is 5.31. The maximum Gasteiger partial charge on any atom is 0.279 e. The van der Waals surface area contributed by atoms with Crippen molar-refractivity contribution in [1.29, 1.82) is 0 Å². The Balaban J connectivity index is 1.41. The Morgan fingerprint density at radius 1 is 1.11 bits per heavy atom. The topological polar surface area (TPSA) is 121 Å². The van der Waals surface area contributed by atoms with Gasteiger partial charge in [0, 0.05) is 16.8 Å². The number of amides is 1. The predicted octanol–water partition coefficient (Wildman–Crippen LogP) is 4.05. The van der Waals surface area contributed by atoms with Gasteiger partial charge in [0.05, 0.1) is 31.9 Å². The number of nitrogens with zero attached hydrogens (tertiary/aromatic N) is 3. The van der Waals surface area contributed by atoms with Crippen LogP contribution in [0.2, 0.25) is 5.02 Å². The molecule has 4 aromatic rings. The summed E-state index contributed by atoms with van der Waals surface area (Å²) in [6.07, 6.45) is 2.77. The first kappa shape index (κ1) is 22.6. The molecule has 2 aromatic carbocycles. The summed E-state index contributed by atoms with van der Waals surface area (Å²) in [6.45, 7) is 0.900. The van der Waals surface area contributed by atoms with Crippen molar-refractivity contribution in [3.63, 3.8) is 0 Å². The van der Waals surface area contributed by atoms with E-state index in [-0.39, 0.29) is 24.1 Å². The van der Waals surface area contributed by atoms with Crippen molar-refractivity contribution in [2.75, 3.05) is 23.8 Å². The molecule has 2 aromatic heterocycles. The molecule has 0 unspecified atom stereocenters. The van der Waals surface area contributed by atoms with Gasteiger partial charge in [-0.1, -0.05) is 23.7 Å². The fraction of sp³-hybridized carbons (Fsp3) is 0.167. The van der Waals surface area contributed by atoms with Crippen LogP contribution in [-0.4, -0.2) is 33.8 Å². The number of ether oxygens (including phenoxy) is 2. The van der Waals surface area contributed by atoms with Gasteiger partial charge in [0.25, 0.3) is 11.4 Å². The molecule has 5 rings (SSSR count). The summed E-state index contributed by atoms with van der Waals surface area (Å²) in [7, 11) is 0. The van der Waals surface area contributed by atoms with Crippen molar-refractivity contribution in [3.05, 3.63) is 88.0 Å². The molecule has 35 heavy (non-hydrogen) atoms. The van der Waals surface area contributed by atoms with Gasteiger partial charge < -0.3 is 24.6 Å². The highest BCUT2D eigenvalue weighted by Gasteiger charge is 2.27. The molecule has 2 N–H and O–H groups in total. The predicted molar refractivity (Wildman–Crippen MR) is 128 cm³/mol. The lowest BCUT2D eigenvalue weighted by molar-refractivity contribution is -0.133. The van der Waals surface area contributed by atoms with Crippen LogP contribution in [-0.2, 0) is 16.1 Å². The van der Waals surface area contributed by atoms with Crippen molar-refractivity contribution < 1.29 is 18.8 Å². The van der Waals surface area contributed by atoms with Gasteiger partial charge in [0.15, 0.2) is 0 Å². The van der Waals surface area contributed by atoms with E-state index in [1.54, 1.807) is 42.5 Å². The number of aromatic nitrogens is 3. The molecule has 1 saturated heterocycles. The molecule has 1 amide bonds. The molecule has 0 saturated carbocycles. The Labute approximate surface area is 204 Å². The maximum absolute atomic E-state index is 13.3. The van der Waals surface area contributed by atoms with E-state index in [0.717, 1.165) is 5.56 Å². The lowest BCUT2D eigenvalue weighted by Gasteiger charge is -2.24. The standard InChI is InChI=1S/C24H20ClN5O5/c25-17-3-1-15(2-4-17)12-30-23(32)20(28-22(31)16-13-33-14-16)11-26-24(30)27-18-5-7-19(8-6-18)35-21-9-10-34-29-21/h1-11,16H,12-14H2,(H,26,27)(H,28,31). The van der Waals surface area contributed by atoms with Crippen LogP contribution in [0.25, 0.3) is 0 Å². The monoisotopic (exact) mass is 493 g/mol. The molecule has 1 aliphatic rings. The van der Waals surface area contributed by atoms with E-state index in [1.165, 1.54) is 17.0 Å². The summed E-state index contributed by atoms with van der Waals surface area (Å²) >= 11 is 6.00. The molecular weight excluding hydrogens is 474 g/mol. The number of anilines is 3. The van der Waals surface area contributed by atoms with Crippen LogP contribution in [0, 0.1) is 5.92 Å². The number of rotatable bonds is 8. The summed E-state index contributed by atoms with van der Waals surface area (Å²) < 4.78 is 16.9. The molecule has 10 nitrogen and oxygen atoms in total. The molecule has 178 valence electrons. The van der Waals surface area contributed by atoms with Gasteiger partial charge in [-0.2, -0.15) is 0 Å². The van der Waals surface area contributed by atoms with Gasteiger partial charge >= 0.3 is 0 Å². The molecule has 0 radical (unpaired) electrons. The molecular formula is C24H20ClN5O5. The Hall–Kier alpha value is -4.15. The van der Waals surface area contributed by atoms with Crippen molar-refractivity contribution in [2.45, 2.75) is 6.54 Å². The van der Waals surface area contributed by atoms with Crippen LogP contribution >= 0.6 is 11.6 Å². The highest BCUT2D eigenvalue weighted by atomic mass is 35.5. The molecule has 11 heteroatoms. The normalized spacial score (nSPS) is 13.2. The van der Waals surface area contributed by atoms with Crippen LogP contribution in [0.15, 0.2) is 76.4 Å². The zero-order valence-corrected chi connectivity index (χ0v) is 19.1. The number of halogens is 1. The average molecular weight is 494 g/mol. The average Bonchev–Trinajstić information content (AvgIpc) is 3.32. The molecule has 1 aliphatic heterocycles. The van der Waals surface area contributed by atoms with Crippen molar-refractivity contribution in [3.8, 4) is 11.6 Å². The molecule has 1 fully saturated rings. The van der Waals surface area contributed by atoms with E-state index >= 15 is 0 Å².